The molecule has 0 unspecified atom stereocenters. The Bertz CT molecular complexity index is 421. The predicted octanol–water partition coefficient (Wildman–Crippen LogP) is 2.63. The van der Waals surface area contributed by atoms with Crippen molar-refractivity contribution >= 4 is 17.5 Å². The molecule has 0 aliphatic carbocycles. The quantitative estimate of drug-likeness (QED) is 0.785. The van der Waals surface area contributed by atoms with E-state index in [1.54, 1.807) is 0 Å². The smallest absolute Gasteiger partial charge is 0.340 e. The molecule has 0 bridgehead atoms. The van der Waals surface area contributed by atoms with Crippen molar-refractivity contribution in [3.8, 4) is 6.01 Å². The number of nitrogens with one attached hydrogen (secondary N) is 1. The molecule has 0 saturated heterocycles. The van der Waals surface area contributed by atoms with E-state index in [2.05, 4.69) is 25.0 Å². The summed E-state index contributed by atoms with van der Waals surface area (Å²) in [6.45, 7) is 0.863. The number of rotatable bonds is 7. The molecule has 108 valence electrons. The summed E-state index contributed by atoms with van der Waals surface area (Å²) < 4.78 is 53.5. The highest BCUT2D eigenvalue weighted by molar-refractivity contribution is 6.28. The van der Waals surface area contributed by atoms with Crippen LogP contribution in [-0.4, -0.2) is 40.5 Å². The zero-order chi connectivity index (χ0) is 14.5. The van der Waals surface area contributed by atoms with Crippen molar-refractivity contribution in [3.63, 3.8) is 0 Å². The number of hydrogen-bond acceptors (Lipinski definition) is 5. The molecule has 0 radical (unpaired) electrons. The van der Waals surface area contributed by atoms with E-state index in [1.165, 1.54) is 0 Å². The number of alkyl halides is 4. The Morgan fingerprint density at radius 3 is 2.58 bits per heavy atom. The van der Waals surface area contributed by atoms with Crippen molar-refractivity contribution in [2.24, 2.45) is 0 Å². The minimum Gasteiger partial charge on any atom is -0.457 e. The van der Waals surface area contributed by atoms with Gasteiger partial charge in [-0.3, -0.25) is 0 Å². The first kappa shape index (κ1) is 15.7. The van der Waals surface area contributed by atoms with Crippen LogP contribution in [0.1, 0.15) is 13.3 Å². The molecule has 0 aliphatic heterocycles. The van der Waals surface area contributed by atoms with Crippen LogP contribution in [0.25, 0.3) is 0 Å². The number of ether oxygens (including phenoxy) is 1. The third-order valence-electron chi connectivity index (χ3n) is 1.83. The van der Waals surface area contributed by atoms with Crippen LogP contribution in [0, 0.1) is 0 Å². The molecule has 19 heavy (non-hydrogen) atoms. The lowest BCUT2D eigenvalue weighted by atomic mass is 10.4. The van der Waals surface area contributed by atoms with Crippen molar-refractivity contribution in [2.75, 3.05) is 18.5 Å². The van der Waals surface area contributed by atoms with Gasteiger partial charge in [-0.15, -0.1) is 0 Å². The van der Waals surface area contributed by atoms with E-state index in [0.717, 1.165) is 6.42 Å². The molecule has 1 aromatic rings. The van der Waals surface area contributed by atoms with E-state index in [-0.39, 0.29) is 11.2 Å². The van der Waals surface area contributed by atoms with Gasteiger partial charge in [0.15, 0.2) is 6.61 Å². The third kappa shape index (κ3) is 5.01. The summed E-state index contributed by atoms with van der Waals surface area (Å²) in [5.74, 6) is -4.26. The molecular weight excluding hydrogens is 292 g/mol. The Morgan fingerprint density at radius 1 is 1.32 bits per heavy atom. The molecule has 0 saturated carbocycles. The summed E-state index contributed by atoms with van der Waals surface area (Å²) in [6.07, 6.45) is -3.06. The molecule has 1 rings (SSSR count). The SMILES string of the molecule is CCCNc1nc(Cl)nc(OCC(F)(F)C(F)F)n1. The summed E-state index contributed by atoms with van der Waals surface area (Å²) in [5.41, 5.74) is 0. The number of halogens is 5. The minimum atomic E-state index is -4.28. The van der Waals surface area contributed by atoms with Gasteiger partial charge in [0.05, 0.1) is 0 Å². The zero-order valence-corrected chi connectivity index (χ0v) is 10.6. The minimum absolute atomic E-state index is 0.0252. The molecular formula is C9H11ClF4N4O. The summed E-state index contributed by atoms with van der Waals surface area (Å²) in [4.78, 5) is 10.7. The van der Waals surface area contributed by atoms with Crippen molar-refractivity contribution in [3.05, 3.63) is 5.28 Å². The molecule has 10 heteroatoms. The summed E-state index contributed by atoms with van der Waals surface area (Å²) >= 11 is 5.52. The predicted molar refractivity (Wildman–Crippen MR) is 60.1 cm³/mol. The van der Waals surface area contributed by atoms with Crippen LogP contribution in [0.2, 0.25) is 5.28 Å². The number of anilines is 1. The van der Waals surface area contributed by atoms with Gasteiger partial charge in [-0.1, -0.05) is 6.92 Å². The Kier molecular flexibility index (Phi) is 5.52. The molecule has 0 amide bonds. The molecule has 0 spiro atoms. The summed E-state index contributed by atoms with van der Waals surface area (Å²) in [5, 5.41) is 2.45. The number of aromatic nitrogens is 3. The highest BCUT2D eigenvalue weighted by Gasteiger charge is 2.42. The van der Waals surface area contributed by atoms with Crippen LogP contribution in [0.3, 0.4) is 0 Å². The monoisotopic (exact) mass is 302 g/mol. The largest absolute Gasteiger partial charge is 0.457 e. The van der Waals surface area contributed by atoms with Crippen molar-refractivity contribution < 1.29 is 22.3 Å². The fourth-order valence-electron chi connectivity index (χ4n) is 0.936. The first-order valence-electron chi connectivity index (χ1n) is 5.29. The molecule has 5 nitrogen and oxygen atoms in total. The Labute approximate surface area is 111 Å². The van der Waals surface area contributed by atoms with E-state index >= 15 is 0 Å². The van der Waals surface area contributed by atoms with Crippen molar-refractivity contribution in [1.29, 1.82) is 0 Å². The fraction of sp³-hybridized carbons (Fsp3) is 0.667. The van der Waals surface area contributed by atoms with Gasteiger partial charge in [-0.25, -0.2) is 8.78 Å². The standard InChI is InChI=1S/C9H11ClF4N4O/c1-2-3-15-7-16-6(10)17-8(18-7)19-4-9(13,14)5(11)12/h5H,2-4H2,1H3,(H,15,16,17,18). The van der Waals surface area contributed by atoms with Crippen LogP contribution in [0.5, 0.6) is 6.01 Å². The Morgan fingerprint density at radius 2 is 2.00 bits per heavy atom. The van der Waals surface area contributed by atoms with Gasteiger partial charge in [0.2, 0.25) is 11.2 Å². The van der Waals surface area contributed by atoms with Gasteiger partial charge in [0, 0.05) is 6.54 Å². The lowest BCUT2D eigenvalue weighted by Gasteiger charge is -2.15. The van der Waals surface area contributed by atoms with E-state index in [0.29, 0.717) is 6.54 Å². The van der Waals surface area contributed by atoms with E-state index in [9.17, 15) is 17.6 Å². The highest BCUT2D eigenvalue weighted by Crippen LogP contribution is 2.23. The number of hydrogen-bond donors (Lipinski definition) is 1. The summed E-state index contributed by atoms with van der Waals surface area (Å²) in [7, 11) is 0. The van der Waals surface area contributed by atoms with Gasteiger partial charge in [0.1, 0.15) is 0 Å². The second kappa shape index (κ2) is 6.69. The average Bonchev–Trinajstić information content (AvgIpc) is 2.33. The molecule has 1 heterocycles. The van der Waals surface area contributed by atoms with Crippen LogP contribution in [0.4, 0.5) is 23.5 Å². The van der Waals surface area contributed by atoms with Crippen LogP contribution in [-0.2, 0) is 0 Å². The maximum Gasteiger partial charge on any atom is 0.340 e. The molecule has 0 fully saturated rings. The lowest BCUT2D eigenvalue weighted by molar-refractivity contribution is -0.149. The normalized spacial score (nSPS) is 11.7. The molecule has 0 aliphatic rings. The maximum absolute atomic E-state index is 12.6. The maximum atomic E-state index is 12.6. The second-order valence-electron chi connectivity index (χ2n) is 3.49. The van der Waals surface area contributed by atoms with E-state index < -0.39 is 25.0 Å². The van der Waals surface area contributed by atoms with E-state index in [4.69, 9.17) is 11.6 Å². The molecule has 1 N–H and O–H groups in total. The van der Waals surface area contributed by atoms with Crippen molar-refractivity contribution in [2.45, 2.75) is 25.7 Å². The Balaban J connectivity index is 2.70. The topological polar surface area (TPSA) is 59.9 Å². The first-order chi connectivity index (χ1) is 8.85. The lowest BCUT2D eigenvalue weighted by Crippen LogP contribution is -2.34. The molecule has 1 aromatic heterocycles. The third-order valence-corrected chi connectivity index (χ3v) is 2.00. The molecule has 0 atom stereocenters. The first-order valence-corrected chi connectivity index (χ1v) is 5.67. The van der Waals surface area contributed by atoms with Gasteiger partial charge < -0.3 is 10.1 Å². The van der Waals surface area contributed by atoms with Gasteiger partial charge in [0.25, 0.3) is 0 Å². The summed E-state index contributed by atoms with van der Waals surface area (Å²) in [6, 6.07) is -0.543. The highest BCUT2D eigenvalue weighted by atomic mass is 35.5. The van der Waals surface area contributed by atoms with Gasteiger partial charge >= 0.3 is 18.4 Å². The second-order valence-corrected chi connectivity index (χ2v) is 3.83. The Hall–Kier alpha value is -1.38. The van der Waals surface area contributed by atoms with Gasteiger partial charge in [-0.2, -0.15) is 23.7 Å². The van der Waals surface area contributed by atoms with Crippen molar-refractivity contribution in [1.82, 2.24) is 15.0 Å². The van der Waals surface area contributed by atoms with Gasteiger partial charge in [-0.05, 0) is 18.0 Å². The fourth-order valence-corrected chi connectivity index (χ4v) is 1.09. The average molecular weight is 303 g/mol. The number of nitrogens with zero attached hydrogens (tertiary/aromatic N) is 3. The van der Waals surface area contributed by atoms with Crippen LogP contribution in [0.15, 0.2) is 0 Å². The van der Waals surface area contributed by atoms with Crippen LogP contribution >= 0.6 is 11.6 Å². The molecule has 0 aromatic carbocycles. The van der Waals surface area contributed by atoms with Crippen LogP contribution < -0.4 is 10.1 Å². The van der Waals surface area contributed by atoms with E-state index in [1.807, 2.05) is 6.92 Å². The zero-order valence-electron chi connectivity index (χ0n) is 9.84.